The highest BCUT2D eigenvalue weighted by atomic mass is 16.6. The summed E-state index contributed by atoms with van der Waals surface area (Å²) in [5.74, 6) is 0.558. The Hall–Kier alpha value is -3.17. The molecule has 1 aliphatic carbocycles. The molecule has 0 spiro atoms. The number of aliphatic hydroxyl groups is 1. The first-order chi connectivity index (χ1) is 17.1. The number of rotatable bonds is 7. The average Bonchev–Trinajstić information content (AvgIpc) is 3.50. The summed E-state index contributed by atoms with van der Waals surface area (Å²) < 4.78 is 12.2. The molecule has 4 N–H and O–H groups in total. The van der Waals surface area contributed by atoms with E-state index in [1.54, 1.807) is 6.20 Å². The second kappa shape index (κ2) is 10.6. The maximum absolute atomic E-state index is 12.6. The number of aliphatic hydroxyl groups excluding tert-OH is 1. The number of nitrogens with one attached hydrogen (secondary N) is 3. The molecule has 2 fully saturated rings. The van der Waals surface area contributed by atoms with Crippen molar-refractivity contribution in [1.82, 2.24) is 15.6 Å². The van der Waals surface area contributed by atoms with Crippen molar-refractivity contribution in [3.63, 3.8) is 0 Å². The zero-order valence-corrected chi connectivity index (χ0v) is 19.6. The molecule has 2 aromatic rings. The SMILES string of the molecule is O=C(C[C@H]1C[C@@H]2c3cc(NC(=O)NC4CCCC4)ccc3O[C@@H]2[C@H](CO)O1)NCc1ccccn1. The fourth-order valence-electron chi connectivity index (χ4n) is 5.36. The first kappa shape index (κ1) is 23.6. The maximum Gasteiger partial charge on any atom is 0.319 e. The van der Waals surface area contributed by atoms with Crippen LogP contribution in [0.25, 0.3) is 0 Å². The van der Waals surface area contributed by atoms with Gasteiger partial charge in [-0.25, -0.2) is 4.79 Å². The lowest BCUT2D eigenvalue weighted by Crippen LogP contribution is -2.47. The van der Waals surface area contributed by atoms with E-state index in [1.807, 2.05) is 36.4 Å². The lowest BCUT2D eigenvalue weighted by Gasteiger charge is -2.37. The number of carbonyl (C=O) groups is 2. The van der Waals surface area contributed by atoms with E-state index in [4.69, 9.17) is 9.47 Å². The maximum atomic E-state index is 12.6. The quantitative estimate of drug-likeness (QED) is 0.484. The van der Waals surface area contributed by atoms with E-state index >= 15 is 0 Å². The largest absolute Gasteiger partial charge is 0.487 e. The zero-order chi connectivity index (χ0) is 24.2. The van der Waals surface area contributed by atoms with Crippen LogP contribution in [0.4, 0.5) is 10.5 Å². The Morgan fingerprint density at radius 2 is 2.00 bits per heavy atom. The van der Waals surface area contributed by atoms with Crippen molar-refractivity contribution in [2.75, 3.05) is 11.9 Å². The number of aromatic nitrogens is 1. The predicted molar refractivity (Wildman–Crippen MR) is 129 cm³/mol. The number of carbonyl (C=O) groups excluding carboxylic acids is 2. The van der Waals surface area contributed by atoms with Crippen LogP contribution in [0.15, 0.2) is 42.6 Å². The highest BCUT2D eigenvalue weighted by molar-refractivity contribution is 5.89. The Kier molecular flexibility index (Phi) is 7.15. The smallest absolute Gasteiger partial charge is 0.319 e. The Balaban J connectivity index is 1.22. The molecule has 3 heterocycles. The lowest BCUT2D eigenvalue weighted by atomic mass is 9.84. The molecule has 4 atom stereocenters. The molecule has 1 saturated carbocycles. The fraction of sp³-hybridized carbons (Fsp3) is 0.500. The summed E-state index contributed by atoms with van der Waals surface area (Å²) in [6.45, 7) is 0.155. The normalized spacial score (nSPS) is 25.3. The van der Waals surface area contributed by atoms with Crippen molar-refractivity contribution in [2.45, 2.75) is 75.3 Å². The van der Waals surface area contributed by atoms with E-state index < -0.39 is 6.10 Å². The van der Waals surface area contributed by atoms with Gasteiger partial charge in [0, 0.05) is 29.4 Å². The first-order valence-electron chi connectivity index (χ1n) is 12.4. The molecule has 0 unspecified atom stereocenters. The van der Waals surface area contributed by atoms with Gasteiger partial charge in [-0.2, -0.15) is 0 Å². The van der Waals surface area contributed by atoms with Gasteiger partial charge in [-0.1, -0.05) is 18.9 Å². The number of benzene rings is 1. The van der Waals surface area contributed by atoms with Crippen molar-refractivity contribution in [1.29, 1.82) is 0 Å². The number of hydrogen-bond donors (Lipinski definition) is 4. The van der Waals surface area contributed by atoms with E-state index in [0.29, 0.717) is 18.7 Å². The van der Waals surface area contributed by atoms with E-state index in [2.05, 4.69) is 20.9 Å². The number of nitrogens with zero attached hydrogens (tertiary/aromatic N) is 1. The van der Waals surface area contributed by atoms with Crippen LogP contribution in [0.3, 0.4) is 0 Å². The predicted octanol–water partition coefficient (Wildman–Crippen LogP) is 2.85. The van der Waals surface area contributed by atoms with Crippen LogP contribution in [0, 0.1) is 0 Å². The highest BCUT2D eigenvalue weighted by Crippen LogP contribution is 2.47. The zero-order valence-electron chi connectivity index (χ0n) is 19.6. The number of ether oxygens (including phenoxy) is 2. The Bertz CT molecular complexity index is 1040. The molecule has 2 aliphatic heterocycles. The molecule has 3 aliphatic rings. The number of pyridine rings is 1. The van der Waals surface area contributed by atoms with Crippen LogP contribution < -0.4 is 20.7 Å². The van der Waals surface area contributed by atoms with Crippen molar-refractivity contribution in [2.24, 2.45) is 0 Å². The first-order valence-corrected chi connectivity index (χ1v) is 12.4. The van der Waals surface area contributed by atoms with Gasteiger partial charge in [0.1, 0.15) is 18.0 Å². The van der Waals surface area contributed by atoms with Gasteiger partial charge in [0.25, 0.3) is 0 Å². The lowest BCUT2D eigenvalue weighted by molar-refractivity contribution is -0.142. The molecular formula is C26H32N4O5. The molecule has 0 radical (unpaired) electrons. The van der Waals surface area contributed by atoms with Gasteiger partial charge in [0.15, 0.2) is 0 Å². The number of hydrogen-bond acceptors (Lipinski definition) is 6. The van der Waals surface area contributed by atoms with Crippen LogP contribution >= 0.6 is 0 Å². The van der Waals surface area contributed by atoms with Gasteiger partial charge >= 0.3 is 6.03 Å². The second-order valence-electron chi connectivity index (χ2n) is 9.54. The van der Waals surface area contributed by atoms with Gasteiger partial charge in [0.05, 0.1) is 31.4 Å². The van der Waals surface area contributed by atoms with E-state index in [9.17, 15) is 14.7 Å². The molecular weight excluding hydrogens is 448 g/mol. The monoisotopic (exact) mass is 480 g/mol. The van der Waals surface area contributed by atoms with Crippen molar-refractivity contribution >= 4 is 17.6 Å². The van der Waals surface area contributed by atoms with Crippen LogP contribution in [-0.4, -0.2) is 53.0 Å². The topological polar surface area (TPSA) is 122 Å². The summed E-state index contributed by atoms with van der Waals surface area (Å²) >= 11 is 0. The van der Waals surface area contributed by atoms with E-state index in [1.165, 1.54) is 0 Å². The van der Waals surface area contributed by atoms with Crippen molar-refractivity contribution in [3.05, 3.63) is 53.9 Å². The fourth-order valence-corrected chi connectivity index (χ4v) is 5.36. The van der Waals surface area contributed by atoms with Crippen LogP contribution in [-0.2, 0) is 16.1 Å². The summed E-state index contributed by atoms with van der Waals surface area (Å²) in [5.41, 5.74) is 2.45. The number of amides is 3. The van der Waals surface area contributed by atoms with Gasteiger partial charge in [-0.15, -0.1) is 0 Å². The number of anilines is 1. The third-order valence-corrected chi connectivity index (χ3v) is 7.05. The number of fused-ring (bicyclic) bond motifs is 3. The molecule has 35 heavy (non-hydrogen) atoms. The summed E-state index contributed by atoms with van der Waals surface area (Å²) in [4.78, 5) is 29.2. The summed E-state index contributed by atoms with van der Waals surface area (Å²) in [6.07, 6.45) is 5.60. The van der Waals surface area contributed by atoms with E-state index in [0.717, 1.165) is 42.7 Å². The summed E-state index contributed by atoms with van der Waals surface area (Å²) in [6, 6.07) is 11.2. The molecule has 9 nitrogen and oxygen atoms in total. The highest BCUT2D eigenvalue weighted by Gasteiger charge is 2.46. The third kappa shape index (κ3) is 5.57. The summed E-state index contributed by atoms with van der Waals surface area (Å²) in [7, 11) is 0. The molecule has 3 amide bonds. The van der Waals surface area contributed by atoms with Gasteiger partial charge in [-0.05, 0) is 49.6 Å². The van der Waals surface area contributed by atoms with E-state index in [-0.39, 0.29) is 49.1 Å². The minimum Gasteiger partial charge on any atom is -0.487 e. The standard InChI is InChI=1S/C26H32N4O5/c31-15-23-25-21(12-19(34-23)13-24(32)28-14-18-7-3-4-10-27-18)20-11-17(8-9-22(20)35-25)30-26(33)29-16-5-1-2-6-16/h3-4,7-11,16,19,21,23,25,31H,1-2,5-6,12-15H2,(H,28,32)(H2,29,30,33)/t19-,21-,23+,25+/m1/s1. The van der Waals surface area contributed by atoms with Gasteiger partial charge in [-0.3, -0.25) is 9.78 Å². The molecule has 5 rings (SSSR count). The van der Waals surface area contributed by atoms with Crippen LogP contribution in [0.5, 0.6) is 5.75 Å². The second-order valence-corrected chi connectivity index (χ2v) is 9.54. The molecule has 0 bridgehead atoms. The molecule has 1 aromatic carbocycles. The molecule has 186 valence electrons. The Morgan fingerprint density at radius 3 is 2.77 bits per heavy atom. The average molecular weight is 481 g/mol. The minimum atomic E-state index is -0.531. The number of urea groups is 1. The van der Waals surface area contributed by atoms with Gasteiger partial charge < -0.3 is 30.5 Å². The van der Waals surface area contributed by atoms with Crippen molar-refractivity contribution in [3.8, 4) is 5.75 Å². The Labute approximate surface area is 204 Å². The summed E-state index contributed by atoms with van der Waals surface area (Å²) in [5, 5.41) is 18.8. The third-order valence-electron chi connectivity index (χ3n) is 7.05. The molecule has 1 saturated heterocycles. The minimum absolute atomic E-state index is 0.0378. The van der Waals surface area contributed by atoms with Crippen molar-refractivity contribution < 1.29 is 24.2 Å². The van der Waals surface area contributed by atoms with Crippen LogP contribution in [0.2, 0.25) is 0 Å². The molecule has 9 heteroatoms. The Morgan fingerprint density at radius 1 is 1.14 bits per heavy atom. The van der Waals surface area contributed by atoms with Gasteiger partial charge in [0.2, 0.25) is 5.91 Å². The van der Waals surface area contributed by atoms with Crippen LogP contribution in [0.1, 0.15) is 55.7 Å². The molecule has 1 aromatic heterocycles.